The quantitative estimate of drug-likeness (QED) is 0.404. The zero-order valence-corrected chi connectivity index (χ0v) is 14.7. The van der Waals surface area contributed by atoms with Crippen LogP contribution in [-0.4, -0.2) is 19.9 Å². The fraction of sp³-hybridized carbons (Fsp3) is 0.0909. The van der Waals surface area contributed by atoms with Crippen LogP contribution in [0.1, 0.15) is 33.9 Å². The first kappa shape index (κ1) is 14.9. The molecule has 26 heavy (non-hydrogen) atoms. The van der Waals surface area contributed by atoms with Gasteiger partial charge in [-0.05, 0) is 85.7 Å². The third-order valence-electron chi connectivity index (χ3n) is 4.80. The van der Waals surface area contributed by atoms with Crippen molar-refractivity contribution in [2.45, 2.75) is 13.8 Å². The van der Waals surface area contributed by atoms with E-state index in [4.69, 9.17) is 9.97 Å². The molecular weight excluding hydrogens is 320 g/mol. The van der Waals surface area contributed by atoms with E-state index in [1.807, 2.05) is 12.2 Å². The van der Waals surface area contributed by atoms with Crippen LogP contribution in [0.15, 0.2) is 36.4 Å². The van der Waals surface area contributed by atoms with E-state index in [2.05, 4.69) is 72.4 Å². The molecule has 0 amide bonds. The molecule has 2 N–H and O–H groups in total. The van der Waals surface area contributed by atoms with Crippen molar-refractivity contribution in [3.63, 3.8) is 0 Å². The number of hydrogen-bond acceptors (Lipinski definition) is 2. The molecule has 0 unspecified atom stereocenters. The van der Waals surface area contributed by atoms with Gasteiger partial charge in [-0.2, -0.15) is 0 Å². The molecule has 0 saturated heterocycles. The number of nitrogens with zero attached hydrogens (tertiary/aromatic N) is 2. The molecule has 5 rings (SSSR count). The second kappa shape index (κ2) is 5.56. The number of hydrogen-bond donors (Lipinski definition) is 2. The Morgan fingerprint density at radius 2 is 1.00 bits per heavy atom. The summed E-state index contributed by atoms with van der Waals surface area (Å²) in [5, 5.41) is 0. The lowest BCUT2D eigenvalue weighted by Crippen LogP contribution is -1.85. The summed E-state index contributed by atoms with van der Waals surface area (Å²) in [5.74, 6) is 0. The first-order chi connectivity index (χ1) is 12.7. The monoisotopic (exact) mass is 338 g/mol. The SMILES string of the molecule is Cc1cc2ccc([nH]2)c2ccc(cc(C)c3nc(c4nc1C=C4)C=C3)[nH]2. The third-order valence-corrected chi connectivity index (χ3v) is 4.80. The Morgan fingerprint density at radius 1 is 0.577 bits per heavy atom. The first-order valence-corrected chi connectivity index (χ1v) is 8.69. The normalized spacial score (nSPS) is 12.7. The number of nitrogens with one attached hydrogen (secondary N) is 2. The molecule has 2 aliphatic heterocycles. The van der Waals surface area contributed by atoms with E-state index >= 15 is 0 Å². The van der Waals surface area contributed by atoms with Crippen LogP contribution in [0.3, 0.4) is 0 Å². The van der Waals surface area contributed by atoms with Crippen molar-refractivity contribution < 1.29 is 0 Å². The molecule has 5 heterocycles. The maximum atomic E-state index is 4.76. The molecule has 0 aromatic carbocycles. The summed E-state index contributed by atoms with van der Waals surface area (Å²) in [5.41, 5.74) is 10.3. The van der Waals surface area contributed by atoms with Crippen molar-refractivity contribution >= 4 is 46.4 Å². The van der Waals surface area contributed by atoms with Crippen LogP contribution < -0.4 is 0 Å². The van der Waals surface area contributed by atoms with Gasteiger partial charge in [-0.25, -0.2) is 9.97 Å². The zero-order valence-electron chi connectivity index (χ0n) is 14.7. The van der Waals surface area contributed by atoms with Crippen LogP contribution in [0.5, 0.6) is 0 Å². The summed E-state index contributed by atoms with van der Waals surface area (Å²) in [6, 6.07) is 12.6. The highest BCUT2D eigenvalue weighted by Crippen LogP contribution is 2.22. The summed E-state index contributed by atoms with van der Waals surface area (Å²) in [4.78, 5) is 16.4. The Hall–Kier alpha value is -3.40. The van der Waals surface area contributed by atoms with Crippen molar-refractivity contribution in [3.8, 4) is 0 Å². The molecule has 0 atom stereocenters. The fourth-order valence-corrected chi connectivity index (χ4v) is 3.37. The maximum absolute atomic E-state index is 4.76. The lowest BCUT2D eigenvalue weighted by atomic mass is 10.2. The molecule has 4 heteroatoms. The van der Waals surface area contributed by atoms with Crippen molar-refractivity contribution in [3.05, 3.63) is 70.3 Å². The Bertz CT molecular complexity index is 1150. The van der Waals surface area contributed by atoms with Crippen molar-refractivity contribution in [1.82, 2.24) is 19.9 Å². The minimum atomic E-state index is 0.910. The van der Waals surface area contributed by atoms with Crippen molar-refractivity contribution in [2.24, 2.45) is 0 Å². The predicted octanol–water partition coefficient (Wildman–Crippen LogP) is 5.27. The number of fused-ring (bicyclic) bond motifs is 10. The highest BCUT2D eigenvalue weighted by molar-refractivity contribution is 5.83. The smallest absolute Gasteiger partial charge is 0.0894 e. The van der Waals surface area contributed by atoms with E-state index < -0.39 is 0 Å². The summed E-state index contributed by atoms with van der Waals surface area (Å²) in [6.45, 7) is 4.17. The Morgan fingerprint density at radius 3 is 1.46 bits per heavy atom. The zero-order chi connectivity index (χ0) is 17.7. The first-order valence-electron chi connectivity index (χ1n) is 8.69. The third kappa shape index (κ3) is 2.47. The van der Waals surface area contributed by atoms with Gasteiger partial charge in [0.1, 0.15) is 0 Å². The van der Waals surface area contributed by atoms with E-state index in [0.717, 1.165) is 56.0 Å². The summed E-state index contributed by atoms with van der Waals surface area (Å²) in [7, 11) is 0. The van der Waals surface area contributed by atoms with Crippen LogP contribution in [0.2, 0.25) is 0 Å². The van der Waals surface area contributed by atoms with Gasteiger partial charge in [0.25, 0.3) is 0 Å². The molecule has 3 aromatic rings. The van der Waals surface area contributed by atoms with Gasteiger partial charge in [0.2, 0.25) is 0 Å². The second-order valence-electron chi connectivity index (χ2n) is 6.74. The molecule has 2 aliphatic rings. The molecule has 0 aliphatic carbocycles. The Kier molecular flexibility index (Phi) is 3.19. The van der Waals surface area contributed by atoms with Gasteiger partial charge in [-0.15, -0.1) is 0 Å². The number of aromatic nitrogens is 4. The van der Waals surface area contributed by atoms with E-state index in [-0.39, 0.29) is 0 Å². The average molecular weight is 338 g/mol. The van der Waals surface area contributed by atoms with Crippen molar-refractivity contribution in [2.75, 3.05) is 0 Å². The van der Waals surface area contributed by atoms with Gasteiger partial charge in [0, 0.05) is 11.0 Å². The van der Waals surface area contributed by atoms with Gasteiger partial charge in [-0.3, -0.25) is 0 Å². The standard InChI is InChI=1S/C22H18N4/c1-13-11-15-3-5-19(23-15)20-6-4-16(24-20)12-14(2)18-8-10-22(26-18)21-9-7-17(13)25-21/h3-12,23-24H,1-2H3. The van der Waals surface area contributed by atoms with E-state index in [0.29, 0.717) is 0 Å². The highest BCUT2D eigenvalue weighted by atomic mass is 14.8. The van der Waals surface area contributed by atoms with Gasteiger partial charge in [-0.1, -0.05) is 0 Å². The van der Waals surface area contributed by atoms with Gasteiger partial charge < -0.3 is 9.97 Å². The molecule has 0 fully saturated rings. The molecule has 0 spiro atoms. The molecular formula is C22H18N4. The number of aromatic amines is 2. The van der Waals surface area contributed by atoms with E-state index in [1.54, 1.807) is 0 Å². The largest absolute Gasteiger partial charge is 0.354 e. The topological polar surface area (TPSA) is 57.4 Å². The summed E-state index contributed by atoms with van der Waals surface area (Å²) in [6.07, 6.45) is 8.17. The summed E-state index contributed by atoms with van der Waals surface area (Å²) < 4.78 is 0. The highest BCUT2D eigenvalue weighted by Gasteiger charge is 2.09. The lowest BCUT2D eigenvalue weighted by Gasteiger charge is -1.92. The summed E-state index contributed by atoms with van der Waals surface area (Å²) >= 11 is 0. The number of rotatable bonds is 0. The molecule has 8 bridgehead atoms. The predicted molar refractivity (Wildman–Crippen MR) is 108 cm³/mol. The lowest BCUT2D eigenvalue weighted by molar-refractivity contribution is 1.20. The molecule has 3 aromatic heterocycles. The van der Waals surface area contributed by atoms with Crippen LogP contribution in [0.25, 0.3) is 46.4 Å². The van der Waals surface area contributed by atoms with Crippen LogP contribution >= 0.6 is 0 Å². The second-order valence-corrected chi connectivity index (χ2v) is 6.74. The average Bonchev–Trinajstić information content (AvgIpc) is 3.39. The molecule has 4 nitrogen and oxygen atoms in total. The Balaban J connectivity index is 1.91. The van der Waals surface area contributed by atoms with Crippen molar-refractivity contribution in [1.29, 1.82) is 0 Å². The van der Waals surface area contributed by atoms with Gasteiger partial charge in [0.05, 0.1) is 33.8 Å². The minimum absolute atomic E-state index is 0.910. The molecule has 126 valence electrons. The van der Waals surface area contributed by atoms with Crippen LogP contribution in [0, 0.1) is 13.8 Å². The van der Waals surface area contributed by atoms with Gasteiger partial charge >= 0.3 is 0 Å². The van der Waals surface area contributed by atoms with E-state index in [1.165, 1.54) is 0 Å². The minimum Gasteiger partial charge on any atom is -0.354 e. The van der Waals surface area contributed by atoms with Crippen LogP contribution in [0.4, 0.5) is 0 Å². The maximum Gasteiger partial charge on any atom is 0.0894 e. The van der Waals surface area contributed by atoms with E-state index in [9.17, 15) is 0 Å². The number of H-pyrrole nitrogens is 2. The fourth-order valence-electron chi connectivity index (χ4n) is 3.37. The van der Waals surface area contributed by atoms with Crippen LogP contribution in [-0.2, 0) is 0 Å². The molecule has 0 saturated carbocycles. The Labute approximate surface area is 151 Å². The number of aryl methyl sites for hydroxylation is 2. The van der Waals surface area contributed by atoms with Gasteiger partial charge in [0.15, 0.2) is 0 Å². The molecule has 0 radical (unpaired) electrons.